The number of benzene rings is 1. The number of thioether (sulfide) groups is 1. The molecule has 1 saturated heterocycles. The van der Waals surface area contributed by atoms with Gasteiger partial charge in [-0.2, -0.15) is 13.2 Å². The first kappa shape index (κ1) is 18.0. The van der Waals surface area contributed by atoms with Gasteiger partial charge in [-0.25, -0.2) is 8.78 Å². The Kier molecular flexibility index (Phi) is 5.85. The number of carbonyl (C=O) groups excluding carboxylic acids is 1. The molecule has 2 N–H and O–H groups in total. The first-order valence-electron chi connectivity index (χ1n) is 6.92. The standard InChI is InChI=1S/C14H15F5N2OS/c15-10-2-1-8(5-11(10)16)9-3-4-20-6-12(9)21-13(22)7-23-14(17,18)19/h1-2,5,9,12,20H,3-4,6-7H2,(H,21,22). The molecule has 1 aromatic rings. The van der Waals surface area contributed by atoms with Crippen LogP contribution in [-0.2, 0) is 4.79 Å². The van der Waals surface area contributed by atoms with Crippen LogP contribution >= 0.6 is 11.8 Å². The highest BCUT2D eigenvalue weighted by Gasteiger charge is 2.32. The summed E-state index contributed by atoms with van der Waals surface area (Å²) in [6.07, 6.45) is 0.558. The maximum Gasteiger partial charge on any atom is 0.442 e. The molecule has 0 saturated carbocycles. The van der Waals surface area contributed by atoms with Crippen LogP contribution in [0.4, 0.5) is 22.0 Å². The summed E-state index contributed by atoms with van der Waals surface area (Å²) in [7, 11) is 0. The fourth-order valence-electron chi connectivity index (χ4n) is 2.55. The molecule has 1 aliphatic rings. The van der Waals surface area contributed by atoms with Crippen molar-refractivity contribution in [3.63, 3.8) is 0 Å². The van der Waals surface area contributed by atoms with Crippen molar-refractivity contribution in [3.8, 4) is 0 Å². The van der Waals surface area contributed by atoms with E-state index in [1.807, 2.05) is 0 Å². The van der Waals surface area contributed by atoms with E-state index in [1.165, 1.54) is 6.07 Å². The number of carbonyl (C=O) groups is 1. The van der Waals surface area contributed by atoms with E-state index in [1.54, 1.807) is 0 Å². The van der Waals surface area contributed by atoms with Crippen molar-refractivity contribution in [1.82, 2.24) is 10.6 Å². The lowest BCUT2D eigenvalue weighted by atomic mass is 9.86. The third-order valence-corrected chi connectivity index (χ3v) is 4.30. The smallest absolute Gasteiger partial charge is 0.351 e. The van der Waals surface area contributed by atoms with E-state index in [0.29, 0.717) is 25.1 Å². The number of hydrogen-bond acceptors (Lipinski definition) is 3. The molecule has 3 nitrogen and oxygen atoms in total. The van der Waals surface area contributed by atoms with Crippen molar-refractivity contribution in [3.05, 3.63) is 35.4 Å². The van der Waals surface area contributed by atoms with Crippen molar-refractivity contribution in [2.75, 3.05) is 18.8 Å². The summed E-state index contributed by atoms with van der Waals surface area (Å²) < 4.78 is 62.7. The van der Waals surface area contributed by atoms with Crippen LogP contribution in [0.3, 0.4) is 0 Å². The number of amides is 1. The molecule has 23 heavy (non-hydrogen) atoms. The van der Waals surface area contributed by atoms with Crippen LogP contribution in [0.2, 0.25) is 0 Å². The summed E-state index contributed by atoms with van der Waals surface area (Å²) in [5.74, 6) is -3.71. The molecule has 0 aromatic heterocycles. The van der Waals surface area contributed by atoms with Gasteiger partial charge in [-0.3, -0.25) is 4.79 Å². The fraction of sp³-hybridized carbons (Fsp3) is 0.500. The molecular weight excluding hydrogens is 339 g/mol. The van der Waals surface area contributed by atoms with Gasteiger partial charge in [0.05, 0.1) is 5.75 Å². The molecule has 9 heteroatoms. The molecule has 0 bridgehead atoms. The first-order valence-corrected chi connectivity index (χ1v) is 7.90. The van der Waals surface area contributed by atoms with Crippen molar-refractivity contribution in [1.29, 1.82) is 0 Å². The van der Waals surface area contributed by atoms with E-state index in [-0.39, 0.29) is 5.92 Å². The number of hydrogen-bond donors (Lipinski definition) is 2. The van der Waals surface area contributed by atoms with E-state index < -0.39 is 46.6 Å². The zero-order valence-electron chi connectivity index (χ0n) is 11.9. The van der Waals surface area contributed by atoms with E-state index in [9.17, 15) is 26.7 Å². The Bertz CT molecular complexity index is 567. The molecule has 2 unspecified atom stereocenters. The van der Waals surface area contributed by atoms with Gasteiger partial charge in [-0.05, 0) is 42.4 Å². The Hall–Kier alpha value is -1.35. The maximum atomic E-state index is 13.4. The minimum absolute atomic E-state index is 0.286. The van der Waals surface area contributed by atoms with Crippen LogP contribution in [0.25, 0.3) is 0 Å². The molecule has 2 atom stereocenters. The van der Waals surface area contributed by atoms with Gasteiger partial charge in [0.1, 0.15) is 0 Å². The van der Waals surface area contributed by atoms with Crippen LogP contribution in [0.15, 0.2) is 18.2 Å². The van der Waals surface area contributed by atoms with E-state index >= 15 is 0 Å². The highest BCUT2D eigenvalue weighted by atomic mass is 32.2. The number of rotatable bonds is 4. The third kappa shape index (κ3) is 5.35. The topological polar surface area (TPSA) is 41.1 Å². The Morgan fingerprint density at radius 2 is 2.04 bits per heavy atom. The molecule has 0 aliphatic carbocycles. The van der Waals surface area contributed by atoms with Crippen LogP contribution in [0, 0.1) is 11.6 Å². The molecular formula is C14H15F5N2OS. The Labute approximate surface area is 134 Å². The van der Waals surface area contributed by atoms with Crippen molar-refractivity contribution in [2.45, 2.75) is 23.9 Å². The summed E-state index contributed by atoms with van der Waals surface area (Å²) >= 11 is -0.410. The number of alkyl halides is 3. The second kappa shape index (κ2) is 7.48. The second-order valence-corrected chi connectivity index (χ2v) is 6.22. The number of nitrogens with one attached hydrogen (secondary N) is 2. The molecule has 0 spiro atoms. The third-order valence-electron chi connectivity index (χ3n) is 3.57. The van der Waals surface area contributed by atoms with Crippen LogP contribution < -0.4 is 10.6 Å². The zero-order valence-corrected chi connectivity index (χ0v) is 12.7. The predicted octanol–water partition coefficient (Wildman–Crippen LogP) is 2.78. The van der Waals surface area contributed by atoms with Gasteiger partial charge in [-0.15, -0.1) is 0 Å². The molecule has 1 amide bonds. The Morgan fingerprint density at radius 3 is 2.70 bits per heavy atom. The largest absolute Gasteiger partial charge is 0.442 e. The normalized spacial score (nSPS) is 22.0. The average Bonchev–Trinajstić information content (AvgIpc) is 2.48. The summed E-state index contributed by atoms with van der Waals surface area (Å²) in [5.41, 5.74) is -3.96. The number of piperidine rings is 1. The van der Waals surface area contributed by atoms with Gasteiger partial charge < -0.3 is 10.6 Å². The maximum absolute atomic E-state index is 13.4. The number of halogens is 5. The lowest BCUT2D eigenvalue weighted by Crippen LogP contribution is -2.50. The predicted molar refractivity (Wildman–Crippen MR) is 77.0 cm³/mol. The molecule has 1 heterocycles. The summed E-state index contributed by atoms with van der Waals surface area (Å²) in [6, 6.07) is 3.02. The Morgan fingerprint density at radius 1 is 1.30 bits per heavy atom. The van der Waals surface area contributed by atoms with Gasteiger partial charge in [-0.1, -0.05) is 6.07 Å². The SMILES string of the molecule is O=C(CSC(F)(F)F)NC1CNCCC1c1ccc(F)c(F)c1. The van der Waals surface area contributed by atoms with E-state index in [4.69, 9.17) is 0 Å². The van der Waals surface area contributed by atoms with Gasteiger partial charge in [0.25, 0.3) is 0 Å². The average molecular weight is 354 g/mol. The second-order valence-electron chi connectivity index (χ2n) is 5.18. The zero-order chi connectivity index (χ0) is 17.0. The highest BCUT2D eigenvalue weighted by molar-refractivity contribution is 8.00. The van der Waals surface area contributed by atoms with Crippen LogP contribution in [0.1, 0.15) is 17.9 Å². The van der Waals surface area contributed by atoms with Crippen molar-refractivity contribution < 1.29 is 26.7 Å². The highest BCUT2D eigenvalue weighted by Crippen LogP contribution is 2.30. The quantitative estimate of drug-likeness (QED) is 0.817. The van der Waals surface area contributed by atoms with Crippen molar-refractivity contribution >= 4 is 17.7 Å². The summed E-state index contributed by atoms with van der Waals surface area (Å²) in [5, 5.41) is 5.56. The molecule has 0 radical (unpaired) electrons. The monoisotopic (exact) mass is 354 g/mol. The molecule has 2 rings (SSSR count). The minimum Gasteiger partial charge on any atom is -0.351 e. The summed E-state index contributed by atoms with van der Waals surface area (Å²) in [6.45, 7) is 0.972. The molecule has 128 valence electrons. The van der Waals surface area contributed by atoms with Gasteiger partial charge in [0.2, 0.25) is 5.91 Å². The Balaban J connectivity index is 2.03. The summed E-state index contributed by atoms with van der Waals surface area (Å²) in [4.78, 5) is 11.7. The first-order chi connectivity index (χ1) is 10.8. The molecule has 1 aromatic carbocycles. The fourth-order valence-corrected chi connectivity index (χ4v) is 2.93. The lowest BCUT2D eigenvalue weighted by molar-refractivity contribution is -0.119. The molecule has 1 fully saturated rings. The van der Waals surface area contributed by atoms with E-state index in [2.05, 4.69) is 10.6 Å². The minimum atomic E-state index is -4.47. The van der Waals surface area contributed by atoms with Crippen molar-refractivity contribution in [2.24, 2.45) is 0 Å². The van der Waals surface area contributed by atoms with Gasteiger partial charge in [0, 0.05) is 18.5 Å². The van der Waals surface area contributed by atoms with Crippen LogP contribution in [0.5, 0.6) is 0 Å². The van der Waals surface area contributed by atoms with E-state index in [0.717, 1.165) is 12.1 Å². The molecule has 1 aliphatic heterocycles. The van der Waals surface area contributed by atoms with Gasteiger partial charge >= 0.3 is 5.51 Å². The van der Waals surface area contributed by atoms with Crippen LogP contribution in [-0.4, -0.2) is 36.3 Å². The van der Waals surface area contributed by atoms with Gasteiger partial charge in [0.15, 0.2) is 11.6 Å². The lowest BCUT2D eigenvalue weighted by Gasteiger charge is -2.33.